The van der Waals surface area contributed by atoms with Gasteiger partial charge in [0.2, 0.25) is 0 Å². The highest BCUT2D eigenvalue weighted by Crippen LogP contribution is 2.26. The Hall–Kier alpha value is -1.51. The molecule has 0 bridgehead atoms. The van der Waals surface area contributed by atoms with Gasteiger partial charge < -0.3 is 5.11 Å². The van der Waals surface area contributed by atoms with Gasteiger partial charge in [-0.15, -0.1) is 0 Å². The maximum absolute atomic E-state index is 10.3. The molecule has 1 aromatic carbocycles. The molecule has 1 rings (SSSR count). The van der Waals surface area contributed by atoms with Crippen LogP contribution in [0.15, 0.2) is 35.4 Å². The quantitative estimate of drug-likeness (QED) is 0.448. The van der Waals surface area contributed by atoms with Gasteiger partial charge in [-0.25, -0.2) is 0 Å². The standard InChI is InChI=1S/C11H15N3O/c1-2-8-11(15,9-13-14-12)10-6-4-3-5-7-10/h3-7,15H,2,8-9H2,1H3. The summed E-state index contributed by atoms with van der Waals surface area (Å²) in [5.74, 6) is 0. The molecule has 0 aliphatic carbocycles. The topological polar surface area (TPSA) is 69.0 Å². The summed E-state index contributed by atoms with van der Waals surface area (Å²) >= 11 is 0. The highest BCUT2D eigenvalue weighted by atomic mass is 16.3. The van der Waals surface area contributed by atoms with Gasteiger partial charge in [0.1, 0.15) is 0 Å². The van der Waals surface area contributed by atoms with E-state index < -0.39 is 5.60 Å². The van der Waals surface area contributed by atoms with Gasteiger partial charge in [-0.05, 0) is 17.5 Å². The van der Waals surface area contributed by atoms with Crippen LogP contribution in [0.4, 0.5) is 0 Å². The molecule has 0 aromatic heterocycles. The smallest absolute Gasteiger partial charge is 0.0952 e. The van der Waals surface area contributed by atoms with Crippen molar-refractivity contribution < 1.29 is 5.11 Å². The van der Waals surface area contributed by atoms with Crippen LogP contribution in [-0.2, 0) is 5.60 Å². The Labute approximate surface area is 89.2 Å². The number of benzene rings is 1. The van der Waals surface area contributed by atoms with Crippen LogP contribution in [0.3, 0.4) is 0 Å². The molecule has 80 valence electrons. The molecular formula is C11H15N3O. The summed E-state index contributed by atoms with van der Waals surface area (Å²) < 4.78 is 0. The van der Waals surface area contributed by atoms with Gasteiger partial charge in [-0.1, -0.05) is 48.8 Å². The first-order chi connectivity index (χ1) is 7.23. The number of rotatable bonds is 5. The van der Waals surface area contributed by atoms with Gasteiger partial charge in [0.25, 0.3) is 0 Å². The molecule has 1 atom stereocenters. The summed E-state index contributed by atoms with van der Waals surface area (Å²) in [6.45, 7) is 2.07. The number of hydrogen-bond acceptors (Lipinski definition) is 2. The molecule has 1 aromatic rings. The van der Waals surface area contributed by atoms with Gasteiger partial charge in [-0.2, -0.15) is 0 Å². The van der Waals surface area contributed by atoms with Crippen molar-refractivity contribution in [1.29, 1.82) is 0 Å². The lowest BCUT2D eigenvalue weighted by Gasteiger charge is -2.26. The summed E-state index contributed by atoms with van der Waals surface area (Å²) in [6, 6.07) is 9.33. The van der Waals surface area contributed by atoms with Crippen LogP contribution in [0.1, 0.15) is 25.3 Å². The highest BCUT2D eigenvalue weighted by Gasteiger charge is 2.26. The first-order valence-electron chi connectivity index (χ1n) is 5.01. The maximum atomic E-state index is 10.3. The zero-order chi connectivity index (χ0) is 11.1. The third-order valence-corrected chi connectivity index (χ3v) is 2.37. The van der Waals surface area contributed by atoms with Gasteiger partial charge in [0.05, 0.1) is 12.1 Å². The van der Waals surface area contributed by atoms with Crippen LogP contribution in [-0.4, -0.2) is 11.7 Å². The van der Waals surface area contributed by atoms with Crippen LogP contribution in [0.2, 0.25) is 0 Å². The summed E-state index contributed by atoms with van der Waals surface area (Å²) in [4.78, 5) is 2.69. The minimum absolute atomic E-state index is 0.0847. The summed E-state index contributed by atoms with van der Waals surface area (Å²) in [6.07, 6.45) is 1.43. The number of nitrogens with zero attached hydrogens (tertiary/aromatic N) is 3. The Balaban J connectivity index is 2.94. The molecule has 0 fully saturated rings. The van der Waals surface area contributed by atoms with Crippen LogP contribution in [0.5, 0.6) is 0 Å². The second-order valence-corrected chi connectivity index (χ2v) is 3.54. The van der Waals surface area contributed by atoms with Crippen LogP contribution in [0.25, 0.3) is 10.4 Å². The van der Waals surface area contributed by atoms with E-state index in [0.29, 0.717) is 6.42 Å². The van der Waals surface area contributed by atoms with E-state index in [9.17, 15) is 5.11 Å². The molecule has 0 heterocycles. The minimum atomic E-state index is -1.03. The van der Waals surface area contributed by atoms with E-state index in [0.717, 1.165) is 12.0 Å². The van der Waals surface area contributed by atoms with E-state index in [1.807, 2.05) is 37.3 Å². The first-order valence-corrected chi connectivity index (χ1v) is 5.01. The number of hydrogen-bond donors (Lipinski definition) is 1. The SMILES string of the molecule is CCCC(O)(CN=[N+]=[N-])c1ccccc1. The fourth-order valence-electron chi connectivity index (χ4n) is 1.63. The van der Waals surface area contributed by atoms with E-state index in [2.05, 4.69) is 10.0 Å². The molecular weight excluding hydrogens is 190 g/mol. The van der Waals surface area contributed by atoms with Gasteiger partial charge in [0.15, 0.2) is 0 Å². The van der Waals surface area contributed by atoms with Crippen LogP contribution >= 0.6 is 0 Å². The van der Waals surface area contributed by atoms with Crippen molar-refractivity contribution in [2.75, 3.05) is 6.54 Å². The molecule has 15 heavy (non-hydrogen) atoms. The lowest BCUT2D eigenvalue weighted by atomic mass is 9.89. The minimum Gasteiger partial charge on any atom is -0.385 e. The third kappa shape index (κ3) is 2.98. The Kier molecular flexibility index (Phi) is 4.16. The Morgan fingerprint density at radius 3 is 2.60 bits per heavy atom. The van der Waals surface area contributed by atoms with Gasteiger partial charge in [-0.3, -0.25) is 0 Å². The van der Waals surface area contributed by atoms with Crippen molar-refractivity contribution in [2.24, 2.45) is 5.11 Å². The molecule has 4 heteroatoms. The molecule has 0 aliphatic rings. The average molecular weight is 205 g/mol. The van der Waals surface area contributed by atoms with Crippen molar-refractivity contribution in [3.63, 3.8) is 0 Å². The van der Waals surface area contributed by atoms with Crippen molar-refractivity contribution in [3.8, 4) is 0 Å². The Bertz CT molecular complexity index is 346. The van der Waals surface area contributed by atoms with Crippen LogP contribution in [0, 0.1) is 0 Å². The van der Waals surface area contributed by atoms with Crippen molar-refractivity contribution in [1.82, 2.24) is 0 Å². The largest absolute Gasteiger partial charge is 0.385 e. The molecule has 0 saturated carbocycles. The highest BCUT2D eigenvalue weighted by molar-refractivity contribution is 5.22. The Morgan fingerprint density at radius 1 is 1.40 bits per heavy atom. The lowest BCUT2D eigenvalue weighted by molar-refractivity contribution is 0.0361. The Morgan fingerprint density at radius 2 is 2.07 bits per heavy atom. The van der Waals surface area contributed by atoms with E-state index in [-0.39, 0.29) is 6.54 Å². The summed E-state index contributed by atoms with van der Waals surface area (Å²) in [5.41, 5.74) is 8.07. The molecule has 0 radical (unpaired) electrons. The van der Waals surface area contributed by atoms with Crippen LogP contribution < -0.4 is 0 Å². The van der Waals surface area contributed by atoms with E-state index in [1.54, 1.807) is 0 Å². The van der Waals surface area contributed by atoms with E-state index in [4.69, 9.17) is 5.53 Å². The molecule has 1 N–H and O–H groups in total. The molecule has 0 spiro atoms. The second-order valence-electron chi connectivity index (χ2n) is 3.54. The summed E-state index contributed by atoms with van der Waals surface area (Å²) in [5, 5.41) is 13.8. The number of aliphatic hydroxyl groups is 1. The van der Waals surface area contributed by atoms with Gasteiger partial charge >= 0.3 is 0 Å². The lowest BCUT2D eigenvalue weighted by Crippen LogP contribution is -2.28. The average Bonchev–Trinajstić information content (AvgIpc) is 2.28. The molecule has 0 amide bonds. The molecule has 0 saturated heterocycles. The van der Waals surface area contributed by atoms with E-state index in [1.165, 1.54) is 0 Å². The third-order valence-electron chi connectivity index (χ3n) is 2.37. The zero-order valence-corrected chi connectivity index (χ0v) is 8.80. The van der Waals surface area contributed by atoms with Gasteiger partial charge in [0, 0.05) is 4.91 Å². The predicted molar refractivity (Wildman–Crippen MR) is 59.3 cm³/mol. The summed E-state index contributed by atoms with van der Waals surface area (Å²) in [7, 11) is 0. The van der Waals surface area contributed by atoms with Crippen molar-refractivity contribution in [2.45, 2.75) is 25.4 Å². The fraction of sp³-hybridized carbons (Fsp3) is 0.455. The van der Waals surface area contributed by atoms with Crippen molar-refractivity contribution >= 4 is 0 Å². The zero-order valence-electron chi connectivity index (χ0n) is 8.80. The monoisotopic (exact) mass is 205 g/mol. The van der Waals surface area contributed by atoms with Crippen molar-refractivity contribution in [3.05, 3.63) is 46.3 Å². The fourth-order valence-corrected chi connectivity index (χ4v) is 1.63. The normalized spacial score (nSPS) is 14.0. The second kappa shape index (κ2) is 5.39. The van der Waals surface area contributed by atoms with E-state index >= 15 is 0 Å². The first kappa shape index (κ1) is 11.6. The molecule has 4 nitrogen and oxygen atoms in total. The maximum Gasteiger partial charge on any atom is 0.0952 e. The predicted octanol–water partition coefficient (Wildman–Crippen LogP) is 2.98. The number of azide groups is 1. The molecule has 0 aliphatic heterocycles. The molecule has 1 unspecified atom stereocenters.